The summed E-state index contributed by atoms with van der Waals surface area (Å²) < 4.78 is 52.8. The van der Waals surface area contributed by atoms with Crippen LogP contribution in [0.2, 0.25) is 0 Å². The summed E-state index contributed by atoms with van der Waals surface area (Å²) >= 11 is 0. The fourth-order valence-electron chi connectivity index (χ4n) is 1.39. The van der Waals surface area contributed by atoms with Crippen molar-refractivity contribution < 1.29 is 25.2 Å². The van der Waals surface area contributed by atoms with Gasteiger partial charge in [-0.15, -0.1) is 0 Å². The predicted molar refractivity (Wildman–Crippen MR) is 57.8 cm³/mol. The Kier molecular flexibility index (Phi) is 4.11. The first kappa shape index (κ1) is 13.6. The van der Waals surface area contributed by atoms with E-state index in [2.05, 4.69) is 4.18 Å². The van der Waals surface area contributed by atoms with Crippen LogP contribution < -0.4 is 0 Å². The van der Waals surface area contributed by atoms with Gasteiger partial charge in [0.05, 0.1) is 25.2 Å². The molecule has 94 valence electrons. The van der Waals surface area contributed by atoms with Crippen molar-refractivity contribution in [2.75, 3.05) is 19.1 Å². The molecule has 2 atom stereocenters. The molecule has 8 heteroatoms. The lowest BCUT2D eigenvalue weighted by Gasteiger charge is -2.17. The SMILES string of the molecule is CS(=O)(=O)OC[C@H]1C=CC[C@@H]1OS(C)(=O)=O. The van der Waals surface area contributed by atoms with Gasteiger partial charge in [-0.25, -0.2) is 0 Å². The van der Waals surface area contributed by atoms with E-state index < -0.39 is 26.3 Å². The Morgan fingerprint density at radius 3 is 2.31 bits per heavy atom. The molecule has 0 aromatic carbocycles. The van der Waals surface area contributed by atoms with Gasteiger partial charge >= 0.3 is 0 Å². The average Bonchev–Trinajstić information content (AvgIpc) is 2.44. The third-order valence-corrected chi connectivity index (χ3v) is 3.16. The second-order valence-electron chi connectivity index (χ2n) is 3.66. The standard InChI is InChI=1S/C8H14O6S2/c1-15(9,10)13-6-7-4-3-5-8(7)14-16(2,11)12/h3-4,7-8H,5-6H2,1-2H3/t7-,8+/m1/s1. The van der Waals surface area contributed by atoms with Crippen molar-refractivity contribution in [1.29, 1.82) is 0 Å². The van der Waals surface area contributed by atoms with Crippen LogP contribution in [0.4, 0.5) is 0 Å². The fourth-order valence-corrected chi connectivity index (χ4v) is 2.46. The van der Waals surface area contributed by atoms with Gasteiger partial charge in [-0.2, -0.15) is 16.8 Å². The molecule has 0 N–H and O–H groups in total. The minimum atomic E-state index is -3.54. The van der Waals surface area contributed by atoms with E-state index in [0.717, 1.165) is 12.5 Å². The van der Waals surface area contributed by atoms with E-state index in [9.17, 15) is 16.8 Å². The Morgan fingerprint density at radius 1 is 1.19 bits per heavy atom. The third kappa shape index (κ3) is 5.06. The van der Waals surface area contributed by atoms with Crippen molar-refractivity contribution in [2.45, 2.75) is 12.5 Å². The van der Waals surface area contributed by atoms with Gasteiger partial charge in [0.15, 0.2) is 0 Å². The highest BCUT2D eigenvalue weighted by Gasteiger charge is 2.28. The van der Waals surface area contributed by atoms with E-state index >= 15 is 0 Å². The molecule has 0 bridgehead atoms. The number of hydrogen-bond acceptors (Lipinski definition) is 6. The van der Waals surface area contributed by atoms with E-state index in [1.54, 1.807) is 12.2 Å². The lowest BCUT2D eigenvalue weighted by molar-refractivity contribution is 0.142. The summed E-state index contributed by atoms with van der Waals surface area (Å²) in [6.45, 7) is -0.102. The molecule has 0 aromatic heterocycles. The van der Waals surface area contributed by atoms with Crippen molar-refractivity contribution in [3.8, 4) is 0 Å². The van der Waals surface area contributed by atoms with Gasteiger partial charge in [-0.05, 0) is 6.42 Å². The quantitative estimate of drug-likeness (QED) is 0.511. The molecular formula is C8H14O6S2. The van der Waals surface area contributed by atoms with Crippen molar-refractivity contribution in [3.05, 3.63) is 12.2 Å². The minimum Gasteiger partial charge on any atom is -0.270 e. The zero-order valence-corrected chi connectivity index (χ0v) is 10.6. The van der Waals surface area contributed by atoms with Crippen molar-refractivity contribution in [1.82, 2.24) is 0 Å². The molecule has 6 nitrogen and oxygen atoms in total. The topological polar surface area (TPSA) is 86.7 Å². The molecule has 0 aliphatic heterocycles. The van der Waals surface area contributed by atoms with Gasteiger partial charge < -0.3 is 0 Å². The zero-order chi connectivity index (χ0) is 12.4. The molecule has 1 rings (SSSR count). The lowest BCUT2D eigenvalue weighted by Crippen LogP contribution is -2.26. The molecular weight excluding hydrogens is 256 g/mol. The monoisotopic (exact) mass is 270 g/mol. The zero-order valence-electron chi connectivity index (χ0n) is 8.99. The van der Waals surface area contributed by atoms with Gasteiger partial charge in [0.1, 0.15) is 0 Å². The second-order valence-corrected chi connectivity index (χ2v) is 6.90. The largest absolute Gasteiger partial charge is 0.270 e. The van der Waals surface area contributed by atoms with Crippen LogP contribution in [0.15, 0.2) is 12.2 Å². The van der Waals surface area contributed by atoms with E-state index in [0.29, 0.717) is 6.42 Å². The van der Waals surface area contributed by atoms with E-state index in [1.165, 1.54) is 0 Å². The number of rotatable bonds is 5. The summed E-state index contributed by atoms with van der Waals surface area (Å²) in [4.78, 5) is 0. The lowest BCUT2D eigenvalue weighted by atomic mass is 10.1. The Bertz CT molecular complexity index is 461. The molecule has 16 heavy (non-hydrogen) atoms. The Balaban J connectivity index is 2.56. The van der Waals surface area contributed by atoms with Crippen LogP contribution in [-0.4, -0.2) is 42.1 Å². The summed E-state index contributed by atoms with van der Waals surface area (Å²) in [5.74, 6) is -0.357. The van der Waals surface area contributed by atoms with E-state index in [4.69, 9.17) is 4.18 Å². The summed E-state index contributed by atoms with van der Waals surface area (Å²) in [5, 5.41) is 0. The molecule has 0 spiro atoms. The normalized spacial score (nSPS) is 26.1. The molecule has 1 aliphatic carbocycles. The van der Waals surface area contributed by atoms with Crippen LogP contribution >= 0.6 is 0 Å². The van der Waals surface area contributed by atoms with Gasteiger partial charge in [-0.1, -0.05) is 12.2 Å². The Hall–Kier alpha value is -0.440. The maximum atomic E-state index is 10.9. The maximum Gasteiger partial charge on any atom is 0.264 e. The molecule has 0 fully saturated rings. The van der Waals surface area contributed by atoms with Crippen LogP contribution in [0.5, 0.6) is 0 Å². The average molecular weight is 270 g/mol. The molecule has 1 aliphatic rings. The summed E-state index contributed by atoms with van der Waals surface area (Å²) in [6.07, 6.45) is 5.20. The highest BCUT2D eigenvalue weighted by atomic mass is 32.2. The van der Waals surface area contributed by atoms with Crippen LogP contribution in [-0.2, 0) is 28.6 Å². The van der Waals surface area contributed by atoms with Crippen LogP contribution in [0.25, 0.3) is 0 Å². The summed E-state index contributed by atoms with van der Waals surface area (Å²) in [7, 11) is -7.06. The fraction of sp³-hybridized carbons (Fsp3) is 0.750. The van der Waals surface area contributed by atoms with Crippen molar-refractivity contribution >= 4 is 20.2 Å². The predicted octanol–water partition coefficient (Wildman–Crippen LogP) is -0.116. The molecule has 0 saturated carbocycles. The molecule has 0 radical (unpaired) electrons. The van der Waals surface area contributed by atoms with Crippen LogP contribution in [0.1, 0.15) is 6.42 Å². The summed E-state index contributed by atoms with van der Waals surface area (Å²) in [6, 6.07) is 0. The molecule has 0 saturated heterocycles. The van der Waals surface area contributed by atoms with E-state index in [1.807, 2.05) is 0 Å². The van der Waals surface area contributed by atoms with Crippen molar-refractivity contribution in [2.24, 2.45) is 5.92 Å². The molecule has 0 amide bonds. The Labute approximate surface area is 95.5 Å². The summed E-state index contributed by atoms with van der Waals surface area (Å²) in [5.41, 5.74) is 0. The Morgan fingerprint density at radius 2 is 1.81 bits per heavy atom. The highest BCUT2D eigenvalue weighted by Crippen LogP contribution is 2.23. The van der Waals surface area contributed by atoms with Gasteiger partial charge in [0.25, 0.3) is 20.2 Å². The molecule has 0 heterocycles. The highest BCUT2D eigenvalue weighted by molar-refractivity contribution is 7.86. The van der Waals surface area contributed by atoms with Gasteiger partial charge in [0, 0.05) is 5.92 Å². The second kappa shape index (κ2) is 4.82. The first-order valence-corrected chi connectivity index (χ1v) is 8.20. The van der Waals surface area contributed by atoms with Gasteiger partial charge in [0.2, 0.25) is 0 Å². The molecule has 0 aromatic rings. The van der Waals surface area contributed by atoms with E-state index in [-0.39, 0.29) is 12.5 Å². The van der Waals surface area contributed by atoms with Gasteiger partial charge in [-0.3, -0.25) is 8.37 Å². The van der Waals surface area contributed by atoms with Crippen LogP contribution in [0, 0.1) is 5.92 Å². The first-order valence-electron chi connectivity index (χ1n) is 4.57. The molecule has 0 unspecified atom stereocenters. The minimum absolute atomic E-state index is 0.102. The third-order valence-electron chi connectivity index (χ3n) is 2.00. The first-order chi connectivity index (χ1) is 7.17. The smallest absolute Gasteiger partial charge is 0.264 e. The maximum absolute atomic E-state index is 10.9. The van der Waals surface area contributed by atoms with Crippen molar-refractivity contribution in [3.63, 3.8) is 0 Å². The van der Waals surface area contributed by atoms with Crippen LogP contribution in [0.3, 0.4) is 0 Å². The number of hydrogen-bond donors (Lipinski definition) is 0.